The summed E-state index contributed by atoms with van der Waals surface area (Å²) in [7, 11) is 0. The quantitative estimate of drug-likeness (QED) is 0.893. The van der Waals surface area contributed by atoms with Crippen LogP contribution in [0, 0.1) is 0 Å². The third-order valence-electron chi connectivity index (χ3n) is 4.40. The van der Waals surface area contributed by atoms with Gasteiger partial charge in [0.05, 0.1) is 4.88 Å². The molecule has 0 spiro atoms. The Labute approximate surface area is 149 Å². The Balaban J connectivity index is 1.58. The number of nitrogens with one attached hydrogen (secondary N) is 1. The number of nitrogens with zero attached hydrogens (tertiary/aromatic N) is 1. The Kier molecular flexibility index (Phi) is 4.09. The zero-order valence-electron chi connectivity index (χ0n) is 13.8. The largest absolute Gasteiger partial charge is 0.486 e. The maximum atomic E-state index is 12.7. The standard InChI is InChI=1S/C18H18N2O4S/c1-11-17(21)19-6-7-20(11)18(22)16-5-4-15(25-16)12-2-3-13-14(10-12)24-9-8-23-13/h2-5,10-11H,6-9H2,1H3,(H,19,21)/t11-/m1/s1. The van der Waals surface area contributed by atoms with Gasteiger partial charge in [0, 0.05) is 18.0 Å². The topological polar surface area (TPSA) is 67.9 Å². The van der Waals surface area contributed by atoms with E-state index in [1.165, 1.54) is 11.3 Å². The predicted octanol–water partition coefficient (Wildman–Crippen LogP) is 2.15. The fraction of sp³-hybridized carbons (Fsp3) is 0.333. The van der Waals surface area contributed by atoms with Crippen LogP contribution in [0.4, 0.5) is 0 Å². The first-order chi connectivity index (χ1) is 12.1. The Morgan fingerprint density at radius 2 is 2.00 bits per heavy atom. The Hall–Kier alpha value is -2.54. The molecule has 1 fully saturated rings. The number of amides is 2. The molecule has 0 saturated carbocycles. The Bertz CT molecular complexity index is 832. The molecule has 130 valence electrons. The SMILES string of the molecule is C[C@@H]1C(=O)NCCN1C(=O)c1ccc(-c2ccc3c(c2)OCCO3)s1. The van der Waals surface area contributed by atoms with E-state index in [2.05, 4.69) is 5.32 Å². The summed E-state index contributed by atoms with van der Waals surface area (Å²) in [5.74, 6) is 1.27. The molecule has 2 amide bonds. The van der Waals surface area contributed by atoms with E-state index in [0.29, 0.717) is 31.2 Å². The lowest BCUT2D eigenvalue weighted by atomic mass is 10.1. The minimum absolute atomic E-state index is 0.101. The van der Waals surface area contributed by atoms with Crippen molar-refractivity contribution in [3.63, 3.8) is 0 Å². The van der Waals surface area contributed by atoms with Crippen molar-refractivity contribution in [3.05, 3.63) is 35.2 Å². The molecule has 6 nitrogen and oxygen atoms in total. The second-order valence-electron chi connectivity index (χ2n) is 5.99. The van der Waals surface area contributed by atoms with Gasteiger partial charge in [0.2, 0.25) is 5.91 Å². The summed E-state index contributed by atoms with van der Waals surface area (Å²) in [6, 6.07) is 9.09. The first-order valence-corrected chi connectivity index (χ1v) is 9.03. The maximum absolute atomic E-state index is 12.7. The fourth-order valence-corrected chi connectivity index (χ4v) is 3.96. The minimum Gasteiger partial charge on any atom is -0.486 e. The molecule has 2 aromatic rings. The van der Waals surface area contributed by atoms with E-state index in [0.717, 1.165) is 21.9 Å². The summed E-state index contributed by atoms with van der Waals surface area (Å²) in [4.78, 5) is 27.8. The maximum Gasteiger partial charge on any atom is 0.264 e. The van der Waals surface area contributed by atoms with Crippen molar-refractivity contribution >= 4 is 23.2 Å². The van der Waals surface area contributed by atoms with Crippen molar-refractivity contribution in [2.24, 2.45) is 0 Å². The molecule has 1 saturated heterocycles. The summed E-state index contributed by atoms with van der Waals surface area (Å²) >= 11 is 1.42. The average Bonchev–Trinajstić information content (AvgIpc) is 3.13. The summed E-state index contributed by atoms with van der Waals surface area (Å²) in [6.45, 7) is 3.88. The van der Waals surface area contributed by atoms with Gasteiger partial charge in [-0.3, -0.25) is 9.59 Å². The van der Waals surface area contributed by atoms with Gasteiger partial charge in [-0.15, -0.1) is 11.3 Å². The molecule has 3 heterocycles. The van der Waals surface area contributed by atoms with E-state index in [1.54, 1.807) is 11.8 Å². The highest BCUT2D eigenvalue weighted by molar-refractivity contribution is 7.17. The van der Waals surface area contributed by atoms with Crippen LogP contribution in [0.3, 0.4) is 0 Å². The molecule has 1 N–H and O–H groups in total. The smallest absolute Gasteiger partial charge is 0.264 e. The van der Waals surface area contributed by atoms with Crippen molar-refractivity contribution in [3.8, 4) is 21.9 Å². The molecule has 2 aliphatic heterocycles. The van der Waals surface area contributed by atoms with Crippen LogP contribution >= 0.6 is 11.3 Å². The zero-order chi connectivity index (χ0) is 17.4. The molecule has 1 aromatic carbocycles. The highest BCUT2D eigenvalue weighted by Gasteiger charge is 2.30. The Morgan fingerprint density at radius 3 is 2.84 bits per heavy atom. The highest BCUT2D eigenvalue weighted by Crippen LogP contribution is 2.37. The third kappa shape index (κ3) is 2.95. The minimum atomic E-state index is -0.443. The molecule has 0 unspecified atom stereocenters. The Morgan fingerprint density at radius 1 is 1.20 bits per heavy atom. The lowest BCUT2D eigenvalue weighted by molar-refractivity contribution is -0.127. The molecule has 7 heteroatoms. The summed E-state index contributed by atoms with van der Waals surface area (Å²) in [5, 5.41) is 2.77. The van der Waals surface area contributed by atoms with Crippen LogP contribution in [0.2, 0.25) is 0 Å². The van der Waals surface area contributed by atoms with Crippen LogP contribution in [0.5, 0.6) is 11.5 Å². The summed E-state index contributed by atoms with van der Waals surface area (Å²) in [6.07, 6.45) is 0. The van der Waals surface area contributed by atoms with E-state index in [9.17, 15) is 9.59 Å². The van der Waals surface area contributed by atoms with E-state index in [1.807, 2.05) is 30.3 Å². The molecule has 1 aromatic heterocycles. The van der Waals surface area contributed by atoms with Gasteiger partial charge >= 0.3 is 0 Å². The normalized spacial score (nSPS) is 19.5. The van der Waals surface area contributed by atoms with E-state index in [4.69, 9.17) is 9.47 Å². The van der Waals surface area contributed by atoms with Gasteiger partial charge in [-0.2, -0.15) is 0 Å². The predicted molar refractivity (Wildman–Crippen MR) is 94.3 cm³/mol. The van der Waals surface area contributed by atoms with Crippen LogP contribution in [-0.2, 0) is 4.79 Å². The van der Waals surface area contributed by atoms with Gasteiger partial charge in [0.15, 0.2) is 11.5 Å². The molecule has 25 heavy (non-hydrogen) atoms. The number of hydrogen-bond acceptors (Lipinski definition) is 5. The third-order valence-corrected chi connectivity index (χ3v) is 5.53. The second-order valence-corrected chi connectivity index (χ2v) is 7.07. The van der Waals surface area contributed by atoms with Gasteiger partial charge < -0.3 is 19.7 Å². The monoisotopic (exact) mass is 358 g/mol. The van der Waals surface area contributed by atoms with Crippen molar-refractivity contribution < 1.29 is 19.1 Å². The molecular weight excluding hydrogens is 340 g/mol. The number of ether oxygens (including phenoxy) is 2. The number of benzene rings is 1. The van der Waals surface area contributed by atoms with Crippen LogP contribution in [0.25, 0.3) is 10.4 Å². The summed E-state index contributed by atoms with van der Waals surface area (Å²) < 4.78 is 11.2. The van der Waals surface area contributed by atoms with Crippen LogP contribution in [-0.4, -0.2) is 49.1 Å². The van der Waals surface area contributed by atoms with Gasteiger partial charge in [-0.25, -0.2) is 0 Å². The van der Waals surface area contributed by atoms with Crippen molar-refractivity contribution in [1.29, 1.82) is 0 Å². The fourth-order valence-electron chi connectivity index (χ4n) is 3.01. The number of rotatable bonds is 2. The van der Waals surface area contributed by atoms with Crippen LogP contribution in [0.15, 0.2) is 30.3 Å². The number of hydrogen-bond donors (Lipinski definition) is 1. The lowest BCUT2D eigenvalue weighted by Crippen LogP contribution is -2.55. The molecule has 0 radical (unpaired) electrons. The second kappa shape index (κ2) is 6.40. The first-order valence-electron chi connectivity index (χ1n) is 8.22. The van der Waals surface area contributed by atoms with Crippen molar-refractivity contribution in [2.45, 2.75) is 13.0 Å². The highest BCUT2D eigenvalue weighted by atomic mass is 32.1. The van der Waals surface area contributed by atoms with E-state index in [-0.39, 0.29) is 11.8 Å². The van der Waals surface area contributed by atoms with Crippen molar-refractivity contribution in [2.75, 3.05) is 26.3 Å². The molecule has 0 aliphatic carbocycles. The zero-order valence-corrected chi connectivity index (χ0v) is 14.6. The number of fused-ring (bicyclic) bond motifs is 1. The van der Waals surface area contributed by atoms with Gasteiger partial charge in [0.1, 0.15) is 19.3 Å². The van der Waals surface area contributed by atoms with Crippen LogP contribution < -0.4 is 14.8 Å². The molecular formula is C18H18N2O4S. The molecule has 4 rings (SSSR count). The number of thiophene rings is 1. The van der Waals surface area contributed by atoms with E-state index >= 15 is 0 Å². The summed E-state index contributed by atoms with van der Waals surface area (Å²) in [5.41, 5.74) is 0.984. The number of carbonyl (C=O) groups is 2. The van der Waals surface area contributed by atoms with E-state index < -0.39 is 6.04 Å². The van der Waals surface area contributed by atoms with Gasteiger partial charge in [-0.05, 0) is 42.8 Å². The van der Waals surface area contributed by atoms with Crippen molar-refractivity contribution in [1.82, 2.24) is 10.2 Å². The lowest BCUT2D eigenvalue weighted by Gasteiger charge is -2.32. The molecule has 2 aliphatic rings. The molecule has 0 bridgehead atoms. The van der Waals surface area contributed by atoms with Crippen LogP contribution in [0.1, 0.15) is 16.6 Å². The van der Waals surface area contributed by atoms with Gasteiger partial charge in [0.25, 0.3) is 5.91 Å². The number of piperazine rings is 1. The van der Waals surface area contributed by atoms with Gasteiger partial charge in [-0.1, -0.05) is 0 Å². The number of carbonyl (C=O) groups excluding carboxylic acids is 2. The molecule has 1 atom stereocenters. The first kappa shape index (κ1) is 16.0. The average molecular weight is 358 g/mol.